The van der Waals surface area contributed by atoms with Crippen LogP contribution in [0.1, 0.15) is 6.42 Å². The maximum Gasteiger partial charge on any atom is 0.232 e. The molecule has 1 aliphatic rings. The molecule has 7 heteroatoms. The van der Waals surface area contributed by atoms with Gasteiger partial charge in [-0.15, -0.1) is 0 Å². The maximum atomic E-state index is 4.54. The van der Waals surface area contributed by atoms with Gasteiger partial charge in [-0.05, 0) is 20.0 Å². The van der Waals surface area contributed by atoms with Crippen LogP contribution in [0.25, 0.3) is 0 Å². The van der Waals surface area contributed by atoms with Crippen molar-refractivity contribution in [2.24, 2.45) is 0 Å². The summed E-state index contributed by atoms with van der Waals surface area (Å²) in [5.41, 5.74) is 0. The van der Waals surface area contributed by atoms with Crippen LogP contribution in [0.15, 0.2) is 0 Å². The summed E-state index contributed by atoms with van der Waals surface area (Å²) in [6.45, 7) is 4.11. The molecule has 2 heterocycles. The molecule has 7 nitrogen and oxygen atoms in total. The minimum absolute atomic E-state index is 0.617. The van der Waals surface area contributed by atoms with Gasteiger partial charge in [-0.2, -0.15) is 15.0 Å². The minimum Gasteiger partial charge on any atom is -0.357 e. The molecule has 1 N–H and O–H groups in total. The van der Waals surface area contributed by atoms with Gasteiger partial charge < -0.3 is 20.0 Å². The van der Waals surface area contributed by atoms with Gasteiger partial charge >= 0.3 is 0 Å². The zero-order valence-corrected chi connectivity index (χ0v) is 12.2. The van der Waals surface area contributed by atoms with Crippen molar-refractivity contribution in [1.29, 1.82) is 0 Å². The fraction of sp³-hybridized carbons (Fsp3) is 0.750. The fourth-order valence-electron chi connectivity index (χ4n) is 2.05. The Hall–Kier alpha value is -1.63. The van der Waals surface area contributed by atoms with Crippen molar-refractivity contribution in [2.45, 2.75) is 6.42 Å². The van der Waals surface area contributed by atoms with Crippen molar-refractivity contribution in [3.63, 3.8) is 0 Å². The number of rotatable bonds is 3. The van der Waals surface area contributed by atoms with Gasteiger partial charge in [0.2, 0.25) is 17.8 Å². The molecule has 106 valence electrons. The smallest absolute Gasteiger partial charge is 0.232 e. The Morgan fingerprint density at radius 2 is 1.84 bits per heavy atom. The Morgan fingerprint density at radius 1 is 1.05 bits per heavy atom. The molecule has 0 radical (unpaired) electrons. The van der Waals surface area contributed by atoms with Crippen LogP contribution in [0.3, 0.4) is 0 Å². The second-order valence-corrected chi connectivity index (χ2v) is 5.05. The molecule has 0 spiro atoms. The number of nitrogens with zero attached hydrogens (tertiary/aromatic N) is 6. The minimum atomic E-state index is 0.617. The van der Waals surface area contributed by atoms with Crippen LogP contribution in [0.4, 0.5) is 17.8 Å². The van der Waals surface area contributed by atoms with Crippen molar-refractivity contribution >= 4 is 17.8 Å². The molecule has 1 fully saturated rings. The lowest BCUT2D eigenvalue weighted by Crippen LogP contribution is -2.31. The molecule has 0 unspecified atom stereocenters. The van der Waals surface area contributed by atoms with Gasteiger partial charge in [-0.3, -0.25) is 0 Å². The standard InChI is InChI=1S/C12H23N7/c1-13-10-14-11(17(2)3)16-12(15-10)19-7-5-6-18(4)8-9-19/h5-9H2,1-4H3,(H,13,14,15,16). The third kappa shape index (κ3) is 3.44. The monoisotopic (exact) mass is 265 g/mol. The molecule has 0 bridgehead atoms. The van der Waals surface area contributed by atoms with E-state index in [4.69, 9.17) is 0 Å². The molecule has 1 saturated heterocycles. The van der Waals surface area contributed by atoms with Crippen LogP contribution in [0.2, 0.25) is 0 Å². The third-order valence-corrected chi connectivity index (χ3v) is 3.24. The van der Waals surface area contributed by atoms with Crippen LogP contribution in [0, 0.1) is 0 Å². The van der Waals surface area contributed by atoms with E-state index in [1.807, 2.05) is 26.0 Å². The molecule has 0 saturated carbocycles. The Kier molecular flexibility index (Phi) is 4.36. The third-order valence-electron chi connectivity index (χ3n) is 3.24. The normalized spacial score (nSPS) is 17.2. The van der Waals surface area contributed by atoms with Gasteiger partial charge in [0.15, 0.2) is 0 Å². The first-order valence-corrected chi connectivity index (χ1v) is 6.65. The molecule has 19 heavy (non-hydrogen) atoms. The van der Waals surface area contributed by atoms with Gasteiger partial charge in [0.25, 0.3) is 0 Å². The molecular formula is C12H23N7. The summed E-state index contributed by atoms with van der Waals surface area (Å²) in [6, 6.07) is 0. The van der Waals surface area contributed by atoms with Crippen LogP contribution in [-0.4, -0.2) is 74.2 Å². The molecule has 2 rings (SSSR count). The lowest BCUT2D eigenvalue weighted by atomic mass is 10.4. The first kappa shape index (κ1) is 13.8. The first-order valence-electron chi connectivity index (χ1n) is 6.65. The van der Waals surface area contributed by atoms with E-state index in [9.17, 15) is 0 Å². The average molecular weight is 265 g/mol. The van der Waals surface area contributed by atoms with Crippen molar-refractivity contribution in [3.8, 4) is 0 Å². The first-order chi connectivity index (χ1) is 9.10. The van der Waals surface area contributed by atoms with Crippen molar-refractivity contribution in [1.82, 2.24) is 19.9 Å². The maximum absolute atomic E-state index is 4.54. The van der Waals surface area contributed by atoms with E-state index in [0.29, 0.717) is 11.9 Å². The second-order valence-electron chi connectivity index (χ2n) is 5.05. The fourth-order valence-corrected chi connectivity index (χ4v) is 2.05. The Balaban J connectivity index is 2.24. The molecule has 1 aromatic heterocycles. The molecule has 0 atom stereocenters. The van der Waals surface area contributed by atoms with Gasteiger partial charge in [0.05, 0.1) is 0 Å². The number of nitrogens with one attached hydrogen (secondary N) is 1. The van der Waals surface area contributed by atoms with E-state index < -0.39 is 0 Å². The largest absolute Gasteiger partial charge is 0.357 e. The van der Waals surface area contributed by atoms with Crippen LogP contribution in [-0.2, 0) is 0 Å². The lowest BCUT2D eigenvalue weighted by Gasteiger charge is -2.22. The predicted molar refractivity (Wildman–Crippen MR) is 78.0 cm³/mol. The summed E-state index contributed by atoms with van der Waals surface area (Å²) in [5, 5.41) is 3.00. The SMILES string of the molecule is CNc1nc(N(C)C)nc(N2CCCN(C)CC2)n1. The summed E-state index contributed by atoms with van der Waals surface area (Å²) < 4.78 is 0. The topological polar surface area (TPSA) is 60.4 Å². The van der Waals surface area contributed by atoms with E-state index in [2.05, 4.69) is 37.1 Å². The Morgan fingerprint density at radius 3 is 2.53 bits per heavy atom. The van der Waals surface area contributed by atoms with Gasteiger partial charge in [0, 0.05) is 40.8 Å². The highest BCUT2D eigenvalue weighted by Crippen LogP contribution is 2.16. The van der Waals surface area contributed by atoms with Crippen molar-refractivity contribution < 1.29 is 0 Å². The molecular weight excluding hydrogens is 242 g/mol. The Bertz CT molecular complexity index is 421. The highest BCUT2D eigenvalue weighted by Gasteiger charge is 2.17. The van der Waals surface area contributed by atoms with Gasteiger partial charge in [-0.25, -0.2) is 0 Å². The summed E-state index contributed by atoms with van der Waals surface area (Å²) in [7, 11) is 7.86. The quantitative estimate of drug-likeness (QED) is 0.833. The van der Waals surface area contributed by atoms with E-state index >= 15 is 0 Å². The summed E-state index contributed by atoms with van der Waals surface area (Å²) in [5.74, 6) is 2.07. The summed E-state index contributed by atoms with van der Waals surface area (Å²) >= 11 is 0. The van der Waals surface area contributed by atoms with Crippen LogP contribution < -0.4 is 15.1 Å². The zero-order chi connectivity index (χ0) is 13.8. The lowest BCUT2D eigenvalue weighted by molar-refractivity contribution is 0.360. The molecule has 0 aliphatic carbocycles. The highest BCUT2D eigenvalue weighted by atomic mass is 15.4. The molecule has 0 aromatic carbocycles. The van der Waals surface area contributed by atoms with E-state index in [1.165, 1.54) is 0 Å². The van der Waals surface area contributed by atoms with Gasteiger partial charge in [-0.1, -0.05) is 0 Å². The van der Waals surface area contributed by atoms with E-state index in [0.717, 1.165) is 38.5 Å². The number of hydrogen-bond donors (Lipinski definition) is 1. The molecule has 0 amide bonds. The second kappa shape index (κ2) is 6.01. The number of likely N-dealkylation sites (N-methyl/N-ethyl adjacent to an activating group) is 1. The number of aromatic nitrogens is 3. The van der Waals surface area contributed by atoms with Crippen molar-refractivity contribution in [2.75, 3.05) is 69.5 Å². The van der Waals surface area contributed by atoms with Crippen molar-refractivity contribution in [3.05, 3.63) is 0 Å². The average Bonchev–Trinajstić information content (AvgIpc) is 2.63. The van der Waals surface area contributed by atoms with Crippen LogP contribution in [0.5, 0.6) is 0 Å². The molecule has 1 aromatic rings. The predicted octanol–water partition coefficient (Wildman–Crippen LogP) is 0.121. The number of hydrogen-bond acceptors (Lipinski definition) is 7. The van der Waals surface area contributed by atoms with Gasteiger partial charge in [0.1, 0.15) is 0 Å². The Labute approximate surface area is 114 Å². The molecule has 1 aliphatic heterocycles. The van der Waals surface area contributed by atoms with E-state index in [-0.39, 0.29) is 0 Å². The van der Waals surface area contributed by atoms with E-state index in [1.54, 1.807) is 0 Å². The zero-order valence-electron chi connectivity index (χ0n) is 12.2. The highest BCUT2D eigenvalue weighted by molar-refractivity contribution is 5.44. The number of anilines is 3. The summed E-state index contributed by atoms with van der Waals surface area (Å²) in [4.78, 5) is 19.8. The van der Waals surface area contributed by atoms with Crippen LogP contribution >= 0.6 is 0 Å². The summed E-state index contributed by atoms with van der Waals surface area (Å²) in [6.07, 6.45) is 1.13.